The fourth-order valence-corrected chi connectivity index (χ4v) is 2.11. The van der Waals surface area contributed by atoms with Gasteiger partial charge in [-0.05, 0) is 43.7 Å². The normalized spacial score (nSPS) is 12.3. The highest BCUT2D eigenvalue weighted by Crippen LogP contribution is 2.31. The van der Waals surface area contributed by atoms with E-state index < -0.39 is 0 Å². The highest BCUT2D eigenvalue weighted by Gasteiger charge is 2.10. The van der Waals surface area contributed by atoms with Crippen molar-refractivity contribution in [3.05, 3.63) is 57.8 Å². The summed E-state index contributed by atoms with van der Waals surface area (Å²) in [6.45, 7) is 3.59. The molecular formula is C15H15BrFNO. The molecule has 2 aromatic carbocycles. The smallest absolute Gasteiger partial charge is 0.132 e. The average Bonchev–Trinajstić information content (AvgIpc) is 2.36. The second kappa shape index (κ2) is 5.72. The molecule has 1 unspecified atom stereocenters. The van der Waals surface area contributed by atoms with Gasteiger partial charge in [0.2, 0.25) is 0 Å². The Bertz CT molecular complexity index is 599. The lowest BCUT2D eigenvalue weighted by atomic mass is 10.1. The number of benzene rings is 2. The Balaban J connectivity index is 2.35. The summed E-state index contributed by atoms with van der Waals surface area (Å²) in [7, 11) is 0. The summed E-state index contributed by atoms with van der Waals surface area (Å²) in [4.78, 5) is 0. The standard InChI is InChI=1S/C15H15BrFNO/c1-9-3-5-12(8-14(9)17)19-15-6-4-11(16)7-13(15)10(2)18/h3-8,10H,18H2,1-2H3. The maximum Gasteiger partial charge on any atom is 0.132 e. The average molecular weight is 324 g/mol. The van der Waals surface area contributed by atoms with Crippen molar-refractivity contribution < 1.29 is 9.13 Å². The van der Waals surface area contributed by atoms with Crippen LogP contribution in [-0.2, 0) is 0 Å². The molecule has 2 nitrogen and oxygen atoms in total. The van der Waals surface area contributed by atoms with Gasteiger partial charge < -0.3 is 10.5 Å². The second-order valence-corrected chi connectivity index (χ2v) is 5.40. The minimum Gasteiger partial charge on any atom is -0.457 e. The number of halogens is 2. The van der Waals surface area contributed by atoms with Gasteiger partial charge in [-0.25, -0.2) is 4.39 Å². The predicted molar refractivity (Wildman–Crippen MR) is 78.0 cm³/mol. The molecule has 0 aliphatic rings. The Morgan fingerprint density at radius 3 is 2.58 bits per heavy atom. The third kappa shape index (κ3) is 3.33. The van der Waals surface area contributed by atoms with Crippen molar-refractivity contribution in [1.82, 2.24) is 0 Å². The highest BCUT2D eigenvalue weighted by atomic mass is 79.9. The number of hydrogen-bond donors (Lipinski definition) is 1. The van der Waals surface area contributed by atoms with E-state index in [-0.39, 0.29) is 11.9 Å². The summed E-state index contributed by atoms with van der Waals surface area (Å²) >= 11 is 3.40. The fourth-order valence-electron chi connectivity index (χ4n) is 1.73. The Hall–Kier alpha value is -1.39. The molecule has 0 bridgehead atoms. The van der Waals surface area contributed by atoms with Gasteiger partial charge in [-0.1, -0.05) is 22.0 Å². The van der Waals surface area contributed by atoms with Crippen LogP contribution in [0.1, 0.15) is 24.1 Å². The zero-order chi connectivity index (χ0) is 14.0. The number of ether oxygens (including phenoxy) is 1. The lowest BCUT2D eigenvalue weighted by molar-refractivity contribution is 0.466. The number of aryl methyl sites for hydroxylation is 1. The first-order valence-corrected chi connectivity index (χ1v) is 6.75. The van der Waals surface area contributed by atoms with E-state index in [9.17, 15) is 4.39 Å². The summed E-state index contributed by atoms with van der Waals surface area (Å²) < 4.78 is 20.1. The fraction of sp³-hybridized carbons (Fsp3) is 0.200. The molecule has 0 spiro atoms. The second-order valence-electron chi connectivity index (χ2n) is 4.48. The largest absolute Gasteiger partial charge is 0.457 e. The summed E-state index contributed by atoms with van der Waals surface area (Å²) in [6.07, 6.45) is 0. The molecule has 0 fully saturated rings. The Kier molecular flexibility index (Phi) is 4.22. The Morgan fingerprint density at radius 1 is 1.21 bits per heavy atom. The third-order valence-corrected chi connectivity index (χ3v) is 3.33. The molecule has 2 N–H and O–H groups in total. The molecule has 4 heteroatoms. The SMILES string of the molecule is Cc1ccc(Oc2ccc(Br)cc2C(C)N)cc1F. The van der Waals surface area contributed by atoms with Crippen LogP contribution in [0.5, 0.6) is 11.5 Å². The van der Waals surface area contributed by atoms with Crippen LogP contribution in [0, 0.1) is 12.7 Å². The number of nitrogens with two attached hydrogens (primary N) is 1. The topological polar surface area (TPSA) is 35.2 Å². The van der Waals surface area contributed by atoms with E-state index in [1.165, 1.54) is 6.07 Å². The van der Waals surface area contributed by atoms with Crippen molar-refractivity contribution in [3.8, 4) is 11.5 Å². The monoisotopic (exact) mass is 323 g/mol. The molecule has 100 valence electrons. The lowest BCUT2D eigenvalue weighted by Gasteiger charge is -2.14. The lowest BCUT2D eigenvalue weighted by Crippen LogP contribution is -2.06. The van der Waals surface area contributed by atoms with Gasteiger partial charge in [-0.3, -0.25) is 0 Å². The van der Waals surface area contributed by atoms with Crippen molar-refractivity contribution in [2.75, 3.05) is 0 Å². The van der Waals surface area contributed by atoms with E-state index >= 15 is 0 Å². The van der Waals surface area contributed by atoms with Crippen molar-refractivity contribution in [3.63, 3.8) is 0 Å². The zero-order valence-electron chi connectivity index (χ0n) is 10.8. The van der Waals surface area contributed by atoms with E-state index in [4.69, 9.17) is 10.5 Å². The molecule has 1 atom stereocenters. The summed E-state index contributed by atoms with van der Waals surface area (Å²) in [5, 5.41) is 0. The van der Waals surface area contributed by atoms with E-state index in [2.05, 4.69) is 15.9 Å². The van der Waals surface area contributed by atoms with Gasteiger partial charge in [0.25, 0.3) is 0 Å². The van der Waals surface area contributed by atoms with E-state index in [1.807, 2.05) is 25.1 Å². The Labute approximate surface area is 120 Å². The molecule has 2 rings (SSSR count). The van der Waals surface area contributed by atoms with Crippen LogP contribution in [0.2, 0.25) is 0 Å². The van der Waals surface area contributed by atoms with E-state index in [1.54, 1.807) is 19.1 Å². The van der Waals surface area contributed by atoms with Gasteiger partial charge in [0, 0.05) is 22.1 Å². The number of rotatable bonds is 3. The van der Waals surface area contributed by atoms with Crippen LogP contribution in [0.4, 0.5) is 4.39 Å². The van der Waals surface area contributed by atoms with Crippen LogP contribution in [0.25, 0.3) is 0 Å². The molecule has 0 amide bonds. The van der Waals surface area contributed by atoms with Gasteiger partial charge in [0.05, 0.1) is 0 Å². The third-order valence-electron chi connectivity index (χ3n) is 2.83. The molecule has 0 saturated carbocycles. The van der Waals surface area contributed by atoms with Crippen molar-refractivity contribution in [1.29, 1.82) is 0 Å². The van der Waals surface area contributed by atoms with Crippen molar-refractivity contribution in [2.24, 2.45) is 5.73 Å². The first kappa shape index (κ1) is 14.0. The minimum atomic E-state index is -0.281. The summed E-state index contributed by atoms with van der Waals surface area (Å²) in [5.74, 6) is 0.825. The van der Waals surface area contributed by atoms with Gasteiger partial charge in [0.1, 0.15) is 17.3 Å². The predicted octanol–water partition coefficient (Wildman–Crippen LogP) is 4.71. The molecule has 0 radical (unpaired) electrons. The maximum atomic E-state index is 13.5. The molecule has 0 heterocycles. The van der Waals surface area contributed by atoms with Crippen molar-refractivity contribution in [2.45, 2.75) is 19.9 Å². The molecular weight excluding hydrogens is 309 g/mol. The first-order valence-electron chi connectivity index (χ1n) is 5.96. The first-order chi connectivity index (χ1) is 8.97. The summed E-state index contributed by atoms with van der Waals surface area (Å²) in [5.41, 5.74) is 7.38. The number of hydrogen-bond acceptors (Lipinski definition) is 2. The molecule has 19 heavy (non-hydrogen) atoms. The van der Waals surface area contributed by atoms with Crippen LogP contribution in [-0.4, -0.2) is 0 Å². The minimum absolute atomic E-state index is 0.164. The van der Waals surface area contributed by atoms with Crippen LogP contribution < -0.4 is 10.5 Å². The molecule has 0 aromatic heterocycles. The molecule has 0 saturated heterocycles. The highest BCUT2D eigenvalue weighted by molar-refractivity contribution is 9.10. The quantitative estimate of drug-likeness (QED) is 0.887. The van der Waals surface area contributed by atoms with Gasteiger partial charge in [-0.15, -0.1) is 0 Å². The van der Waals surface area contributed by atoms with Crippen LogP contribution in [0.3, 0.4) is 0 Å². The van der Waals surface area contributed by atoms with Gasteiger partial charge >= 0.3 is 0 Å². The van der Waals surface area contributed by atoms with Gasteiger partial charge in [-0.2, -0.15) is 0 Å². The van der Waals surface area contributed by atoms with E-state index in [0.29, 0.717) is 17.1 Å². The van der Waals surface area contributed by atoms with Crippen molar-refractivity contribution >= 4 is 15.9 Å². The molecule has 0 aliphatic carbocycles. The van der Waals surface area contributed by atoms with E-state index in [0.717, 1.165) is 10.0 Å². The van der Waals surface area contributed by atoms with Gasteiger partial charge in [0.15, 0.2) is 0 Å². The Morgan fingerprint density at radius 2 is 1.95 bits per heavy atom. The summed E-state index contributed by atoms with van der Waals surface area (Å²) in [6, 6.07) is 10.2. The van der Waals surface area contributed by atoms with Crippen LogP contribution >= 0.6 is 15.9 Å². The van der Waals surface area contributed by atoms with Crippen LogP contribution in [0.15, 0.2) is 40.9 Å². The molecule has 2 aromatic rings. The molecule has 0 aliphatic heterocycles. The zero-order valence-corrected chi connectivity index (χ0v) is 12.4. The maximum absolute atomic E-state index is 13.5.